The van der Waals surface area contributed by atoms with Crippen LogP contribution in [-0.2, 0) is 22.6 Å². The summed E-state index contributed by atoms with van der Waals surface area (Å²) in [4.78, 5) is 24.3. The number of hydrogen-bond donors (Lipinski definition) is 0. The van der Waals surface area contributed by atoms with Crippen molar-refractivity contribution in [1.29, 1.82) is 0 Å². The first kappa shape index (κ1) is 16.4. The molecule has 1 unspecified atom stereocenters. The van der Waals surface area contributed by atoms with Gasteiger partial charge < -0.3 is 4.74 Å². The molecule has 2 aromatic rings. The molecule has 0 spiro atoms. The molecule has 2 aromatic carbocycles. The third-order valence-electron chi connectivity index (χ3n) is 4.59. The third-order valence-corrected chi connectivity index (χ3v) is 4.59. The van der Waals surface area contributed by atoms with Crippen LogP contribution in [-0.4, -0.2) is 11.8 Å². The lowest BCUT2D eigenvalue weighted by molar-refractivity contribution is -0.145. The van der Waals surface area contributed by atoms with Crippen LogP contribution in [0.2, 0.25) is 0 Å². The second kappa shape index (κ2) is 7.91. The SMILES string of the molecule is O=C(CCCC1CCc2ccccc2C1=O)OCc1ccccc1. The van der Waals surface area contributed by atoms with Crippen LogP contribution in [0.5, 0.6) is 0 Å². The van der Waals surface area contributed by atoms with Crippen molar-refractivity contribution in [1.82, 2.24) is 0 Å². The Labute approximate surface area is 142 Å². The summed E-state index contributed by atoms with van der Waals surface area (Å²) < 4.78 is 5.28. The van der Waals surface area contributed by atoms with Crippen LogP contribution in [0.1, 0.15) is 47.2 Å². The molecule has 3 nitrogen and oxygen atoms in total. The van der Waals surface area contributed by atoms with Gasteiger partial charge in [0.25, 0.3) is 0 Å². The number of esters is 1. The first-order chi connectivity index (χ1) is 11.7. The maximum atomic E-state index is 12.5. The predicted molar refractivity (Wildman–Crippen MR) is 92.7 cm³/mol. The van der Waals surface area contributed by atoms with Gasteiger partial charge in [0, 0.05) is 17.9 Å². The molecule has 3 heteroatoms. The van der Waals surface area contributed by atoms with Gasteiger partial charge in [-0.25, -0.2) is 0 Å². The molecule has 0 amide bonds. The van der Waals surface area contributed by atoms with E-state index in [9.17, 15) is 9.59 Å². The zero-order valence-corrected chi connectivity index (χ0v) is 13.7. The number of benzene rings is 2. The van der Waals surface area contributed by atoms with E-state index in [-0.39, 0.29) is 17.7 Å². The number of ether oxygens (including phenoxy) is 1. The molecule has 0 saturated carbocycles. The zero-order valence-electron chi connectivity index (χ0n) is 13.7. The summed E-state index contributed by atoms with van der Waals surface area (Å²) in [7, 11) is 0. The number of Topliss-reactive ketones (excluding diaryl/α,β-unsaturated/α-hetero) is 1. The summed E-state index contributed by atoms with van der Waals surface area (Å²) in [5, 5.41) is 0. The smallest absolute Gasteiger partial charge is 0.306 e. The zero-order chi connectivity index (χ0) is 16.8. The Morgan fingerprint density at radius 2 is 1.79 bits per heavy atom. The third kappa shape index (κ3) is 4.10. The van der Waals surface area contributed by atoms with E-state index in [1.807, 2.05) is 54.6 Å². The predicted octanol–water partition coefficient (Wildman–Crippen LogP) is 4.35. The summed E-state index contributed by atoms with van der Waals surface area (Å²) in [6, 6.07) is 17.5. The van der Waals surface area contributed by atoms with E-state index in [1.54, 1.807) is 0 Å². The van der Waals surface area contributed by atoms with Gasteiger partial charge in [0.05, 0.1) is 0 Å². The summed E-state index contributed by atoms with van der Waals surface area (Å²) in [6.07, 6.45) is 3.66. The molecule has 0 aromatic heterocycles. The monoisotopic (exact) mass is 322 g/mol. The topological polar surface area (TPSA) is 43.4 Å². The molecule has 1 aliphatic carbocycles. The van der Waals surface area contributed by atoms with Crippen LogP contribution < -0.4 is 0 Å². The van der Waals surface area contributed by atoms with Gasteiger partial charge in [-0.15, -0.1) is 0 Å². The summed E-state index contributed by atoms with van der Waals surface area (Å²) in [5.74, 6) is 0.0823. The fraction of sp³-hybridized carbons (Fsp3) is 0.333. The molecule has 0 fully saturated rings. The van der Waals surface area contributed by atoms with E-state index in [0.717, 1.165) is 36.0 Å². The van der Waals surface area contributed by atoms with Gasteiger partial charge in [-0.3, -0.25) is 9.59 Å². The molecule has 0 heterocycles. The Morgan fingerprint density at radius 1 is 1.04 bits per heavy atom. The standard InChI is InChI=1S/C21H22O3/c22-20(24-15-16-7-2-1-3-8-16)12-6-10-18-14-13-17-9-4-5-11-19(17)21(18)23/h1-5,7-9,11,18H,6,10,12-15H2. The minimum absolute atomic E-state index is 0.0434. The summed E-state index contributed by atoms with van der Waals surface area (Å²) in [6.45, 7) is 0.315. The Morgan fingerprint density at radius 3 is 2.62 bits per heavy atom. The fourth-order valence-electron chi connectivity index (χ4n) is 3.24. The van der Waals surface area contributed by atoms with E-state index >= 15 is 0 Å². The molecule has 1 aliphatic rings. The molecule has 124 valence electrons. The maximum absolute atomic E-state index is 12.5. The molecule has 3 rings (SSSR count). The second-order valence-electron chi connectivity index (χ2n) is 6.30. The summed E-state index contributed by atoms with van der Waals surface area (Å²) in [5.41, 5.74) is 3.01. The van der Waals surface area contributed by atoms with Gasteiger partial charge in [0.2, 0.25) is 0 Å². The number of ketones is 1. The number of carbonyl (C=O) groups is 2. The Bertz CT molecular complexity index is 706. The highest BCUT2D eigenvalue weighted by atomic mass is 16.5. The van der Waals surface area contributed by atoms with Gasteiger partial charge in [0.1, 0.15) is 6.61 Å². The van der Waals surface area contributed by atoms with Gasteiger partial charge in [-0.1, -0.05) is 54.6 Å². The highest BCUT2D eigenvalue weighted by Crippen LogP contribution is 2.28. The quantitative estimate of drug-likeness (QED) is 0.743. The summed E-state index contributed by atoms with van der Waals surface area (Å²) >= 11 is 0. The molecule has 1 atom stereocenters. The Kier molecular flexibility index (Phi) is 5.42. The Hall–Kier alpha value is -2.42. The van der Waals surface area contributed by atoms with Crippen molar-refractivity contribution < 1.29 is 14.3 Å². The average molecular weight is 322 g/mol. The maximum Gasteiger partial charge on any atom is 0.306 e. The van der Waals surface area contributed by atoms with Crippen molar-refractivity contribution in [2.24, 2.45) is 5.92 Å². The van der Waals surface area contributed by atoms with Crippen LogP contribution in [0, 0.1) is 5.92 Å². The highest BCUT2D eigenvalue weighted by molar-refractivity contribution is 6.00. The molecule has 0 saturated heterocycles. The van der Waals surface area contributed by atoms with E-state index < -0.39 is 0 Å². The highest BCUT2D eigenvalue weighted by Gasteiger charge is 2.26. The normalized spacial score (nSPS) is 16.5. The molecule has 0 N–H and O–H groups in total. The van der Waals surface area contributed by atoms with Gasteiger partial charge >= 0.3 is 5.97 Å². The van der Waals surface area contributed by atoms with Crippen molar-refractivity contribution in [3.63, 3.8) is 0 Å². The molecule has 24 heavy (non-hydrogen) atoms. The van der Waals surface area contributed by atoms with Crippen molar-refractivity contribution in [3.8, 4) is 0 Å². The van der Waals surface area contributed by atoms with Crippen LogP contribution in [0.3, 0.4) is 0 Å². The first-order valence-electron chi connectivity index (χ1n) is 8.55. The largest absolute Gasteiger partial charge is 0.461 e. The fourth-order valence-corrected chi connectivity index (χ4v) is 3.24. The van der Waals surface area contributed by atoms with Gasteiger partial charge in [0.15, 0.2) is 5.78 Å². The van der Waals surface area contributed by atoms with Crippen LogP contribution in [0.25, 0.3) is 0 Å². The van der Waals surface area contributed by atoms with E-state index in [0.29, 0.717) is 19.4 Å². The first-order valence-corrected chi connectivity index (χ1v) is 8.55. The molecule has 0 bridgehead atoms. The van der Waals surface area contributed by atoms with Crippen molar-refractivity contribution in [3.05, 3.63) is 71.3 Å². The van der Waals surface area contributed by atoms with Gasteiger partial charge in [-0.2, -0.15) is 0 Å². The average Bonchev–Trinajstić information content (AvgIpc) is 2.63. The van der Waals surface area contributed by atoms with Crippen LogP contribution in [0.15, 0.2) is 54.6 Å². The lowest BCUT2D eigenvalue weighted by Crippen LogP contribution is -2.22. The van der Waals surface area contributed by atoms with E-state index in [2.05, 4.69) is 0 Å². The molecule has 0 aliphatic heterocycles. The minimum Gasteiger partial charge on any atom is -0.461 e. The number of rotatable bonds is 6. The van der Waals surface area contributed by atoms with Crippen LogP contribution >= 0.6 is 0 Å². The van der Waals surface area contributed by atoms with Crippen LogP contribution in [0.4, 0.5) is 0 Å². The van der Waals surface area contributed by atoms with Crippen molar-refractivity contribution in [2.75, 3.05) is 0 Å². The number of carbonyl (C=O) groups excluding carboxylic acids is 2. The van der Waals surface area contributed by atoms with E-state index in [4.69, 9.17) is 4.74 Å². The minimum atomic E-state index is -0.192. The molecule has 0 radical (unpaired) electrons. The Balaban J connectivity index is 1.42. The number of fused-ring (bicyclic) bond motifs is 1. The van der Waals surface area contributed by atoms with Gasteiger partial charge in [-0.05, 0) is 36.8 Å². The van der Waals surface area contributed by atoms with Crippen molar-refractivity contribution in [2.45, 2.75) is 38.7 Å². The molecular weight excluding hydrogens is 300 g/mol. The molecular formula is C21H22O3. The van der Waals surface area contributed by atoms with E-state index in [1.165, 1.54) is 0 Å². The lowest BCUT2D eigenvalue weighted by Gasteiger charge is -2.23. The number of hydrogen-bond acceptors (Lipinski definition) is 3. The van der Waals surface area contributed by atoms with Crippen molar-refractivity contribution >= 4 is 11.8 Å². The number of aryl methyl sites for hydroxylation is 1. The lowest BCUT2D eigenvalue weighted by atomic mass is 9.80. The second-order valence-corrected chi connectivity index (χ2v) is 6.30.